The van der Waals surface area contributed by atoms with Crippen LogP contribution in [0.25, 0.3) is 0 Å². The Morgan fingerprint density at radius 1 is 1.55 bits per heavy atom. The molecule has 0 aliphatic carbocycles. The number of aliphatic imine (C=N–C) groups is 1. The molecule has 1 aliphatic rings. The van der Waals surface area contributed by atoms with Gasteiger partial charge in [-0.15, -0.1) is 0 Å². The average Bonchev–Trinajstić information content (AvgIpc) is 2.17. The molecule has 0 aromatic carbocycles. The summed E-state index contributed by atoms with van der Waals surface area (Å²) in [4.78, 5) is 4.23. The van der Waals surface area contributed by atoms with Gasteiger partial charge in [-0.25, -0.2) is 0 Å². The van der Waals surface area contributed by atoms with Gasteiger partial charge in [0.15, 0.2) is 0 Å². The molecule has 0 saturated carbocycles. The van der Waals surface area contributed by atoms with E-state index in [1.54, 1.807) is 0 Å². The predicted octanol–water partition coefficient (Wildman–Crippen LogP) is 1.50. The Kier molecular flexibility index (Phi) is 3.05. The first-order valence-corrected chi connectivity index (χ1v) is 3.94. The van der Waals surface area contributed by atoms with E-state index in [0.29, 0.717) is 12.5 Å². The van der Waals surface area contributed by atoms with Crippen LogP contribution in [0, 0.1) is 5.92 Å². The summed E-state index contributed by atoms with van der Waals surface area (Å²) in [5.74, 6) is 0.494. The van der Waals surface area contributed by atoms with E-state index in [0.717, 1.165) is 12.1 Å². The van der Waals surface area contributed by atoms with E-state index in [4.69, 9.17) is 5.73 Å². The van der Waals surface area contributed by atoms with Crippen molar-refractivity contribution in [1.29, 1.82) is 0 Å². The van der Waals surface area contributed by atoms with Crippen molar-refractivity contribution in [1.82, 2.24) is 0 Å². The van der Waals surface area contributed by atoms with Gasteiger partial charge >= 0.3 is 0 Å². The van der Waals surface area contributed by atoms with Gasteiger partial charge in [-0.2, -0.15) is 0 Å². The van der Waals surface area contributed by atoms with Crippen LogP contribution < -0.4 is 5.73 Å². The molecule has 0 radical (unpaired) electrons. The zero-order valence-electron chi connectivity index (χ0n) is 6.83. The van der Waals surface area contributed by atoms with Crippen LogP contribution in [-0.2, 0) is 0 Å². The summed E-state index contributed by atoms with van der Waals surface area (Å²) in [6.45, 7) is 2.80. The summed E-state index contributed by atoms with van der Waals surface area (Å²) >= 11 is 0. The maximum absolute atomic E-state index is 5.41. The summed E-state index contributed by atoms with van der Waals surface area (Å²) in [7, 11) is 0. The minimum absolute atomic E-state index is 0.494. The molecule has 1 unspecified atom stereocenters. The van der Waals surface area contributed by atoms with Gasteiger partial charge < -0.3 is 5.73 Å². The van der Waals surface area contributed by atoms with Crippen LogP contribution in [0.15, 0.2) is 29.4 Å². The zero-order valence-corrected chi connectivity index (χ0v) is 6.83. The van der Waals surface area contributed by atoms with Crippen LogP contribution in [0.5, 0.6) is 0 Å². The number of rotatable bonds is 2. The molecule has 1 aliphatic heterocycles. The van der Waals surface area contributed by atoms with E-state index in [1.807, 2.05) is 6.20 Å². The second-order valence-corrected chi connectivity index (χ2v) is 2.72. The van der Waals surface area contributed by atoms with E-state index in [9.17, 15) is 0 Å². The highest BCUT2D eigenvalue weighted by Crippen LogP contribution is 2.05. The molecule has 2 nitrogen and oxygen atoms in total. The summed E-state index contributed by atoms with van der Waals surface area (Å²) in [6, 6.07) is 0. The molecule has 0 spiro atoms. The molecule has 0 amide bonds. The molecule has 2 N–H and O–H groups in total. The summed E-state index contributed by atoms with van der Waals surface area (Å²) in [6.07, 6.45) is 8.98. The van der Waals surface area contributed by atoms with E-state index in [-0.39, 0.29) is 0 Å². The first-order chi connectivity index (χ1) is 5.33. The van der Waals surface area contributed by atoms with E-state index in [2.05, 4.69) is 30.1 Å². The Bertz CT molecular complexity index is 202. The molecule has 0 aromatic heterocycles. The van der Waals surface area contributed by atoms with Gasteiger partial charge in [-0.1, -0.05) is 19.1 Å². The Morgan fingerprint density at radius 2 is 2.36 bits per heavy atom. The Labute approximate surface area is 67.5 Å². The molecular formula is C9H14N2. The van der Waals surface area contributed by atoms with E-state index < -0.39 is 0 Å². The molecule has 1 rings (SSSR count). The average molecular weight is 150 g/mol. The first kappa shape index (κ1) is 8.21. The van der Waals surface area contributed by atoms with Crippen molar-refractivity contribution >= 4 is 5.71 Å². The van der Waals surface area contributed by atoms with Crippen molar-refractivity contribution in [3.05, 3.63) is 24.4 Å². The minimum Gasteiger partial charge on any atom is -0.330 e. The fourth-order valence-electron chi connectivity index (χ4n) is 0.940. The molecule has 11 heavy (non-hydrogen) atoms. The first-order valence-electron chi connectivity index (χ1n) is 3.94. The third-order valence-corrected chi connectivity index (χ3v) is 1.62. The second kappa shape index (κ2) is 4.09. The van der Waals surface area contributed by atoms with E-state index in [1.165, 1.54) is 0 Å². The number of hydrogen-bond acceptors (Lipinski definition) is 2. The van der Waals surface area contributed by atoms with Crippen LogP contribution in [-0.4, -0.2) is 12.3 Å². The van der Waals surface area contributed by atoms with Crippen LogP contribution in [0.3, 0.4) is 0 Å². The van der Waals surface area contributed by atoms with Gasteiger partial charge in [-0.3, -0.25) is 4.99 Å². The van der Waals surface area contributed by atoms with Gasteiger partial charge in [0.25, 0.3) is 0 Å². The lowest BCUT2D eigenvalue weighted by Crippen LogP contribution is -2.05. The molecule has 60 valence electrons. The second-order valence-electron chi connectivity index (χ2n) is 2.72. The molecule has 0 aromatic rings. The monoisotopic (exact) mass is 150 g/mol. The van der Waals surface area contributed by atoms with E-state index >= 15 is 0 Å². The van der Waals surface area contributed by atoms with Gasteiger partial charge in [0, 0.05) is 18.3 Å². The normalized spacial score (nSPS) is 23.1. The standard InChI is InChI=1S/C9H14N2/c1-8-2-3-9(4-6-10)11-7-5-8/h2-3,5,7-8H,4,6,10H2,1H3. The Hall–Kier alpha value is -0.890. The van der Waals surface area contributed by atoms with Crippen LogP contribution in [0.1, 0.15) is 13.3 Å². The topological polar surface area (TPSA) is 38.4 Å². The molecule has 1 heterocycles. The van der Waals surface area contributed by atoms with Crippen LogP contribution >= 0.6 is 0 Å². The van der Waals surface area contributed by atoms with Crippen molar-refractivity contribution in [3.8, 4) is 0 Å². The van der Waals surface area contributed by atoms with Crippen molar-refractivity contribution in [2.45, 2.75) is 13.3 Å². The maximum Gasteiger partial charge on any atom is 0.0413 e. The molecule has 0 saturated heterocycles. The summed E-state index contributed by atoms with van der Waals surface area (Å²) in [5.41, 5.74) is 6.48. The lowest BCUT2D eigenvalue weighted by molar-refractivity contribution is 0.940. The fraction of sp³-hybridized carbons (Fsp3) is 0.444. The highest BCUT2D eigenvalue weighted by Gasteiger charge is 1.96. The summed E-state index contributed by atoms with van der Waals surface area (Å²) in [5, 5.41) is 0. The summed E-state index contributed by atoms with van der Waals surface area (Å²) < 4.78 is 0. The number of allylic oxidation sites excluding steroid dienone is 3. The largest absolute Gasteiger partial charge is 0.330 e. The lowest BCUT2D eigenvalue weighted by atomic mass is 10.1. The Morgan fingerprint density at radius 3 is 3.09 bits per heavy atom. The number of nitrogens with zero attached hydrogens (tertiary/aromatic N) is 1. The van der Waals surface area contributed by atoms with Crippen molar-refractivity contribution < 1.29 is 0 Å². The number of nitrogens with two attached hydrogens (primary N) is 1. The predicted molar refractivity (Wildman–Crippen MR) is 48.6 cm³/mol. The molecule has 0 fully saturated rings. The molecule has 2 heteroatoms. The SMILES string of the molecule is CC1C=CN=C(CCN)C=C1. The maximum atomic E-state index is 5.41. The minimum atomic E-state index is 0.494. The van der Waals surface area contributed by atoms with Gasteiger partial charge in [-0.05, 0) is 18.5 Å². The van der Waals surface area contributed by atoms with Crippen molar-refractivity contribution in [2.24, 2.45) is 16.6 Å². The molecule has 1 atom stereocenters. The smallest absolute Gasteiger partial charge is 0.0413 e. The quantitative estimate of drug-likeness (QED) is 0.636. The lowest BCUT2D eigenvalue weighted by Gasteiger charge is -1.94. The van der Waals surface area contributed by atoms with Crippen LogP contribution in [0.2, 0.25) is 0 Å². The zero-order chi connectivity index (χ0) is 8.10. The van der Waals surface area contributed by atoms with Gasteiger partial charge in [0.05, 0.1) is 0 Å². The molecular weight excluding hydrogens is 136 g/mol. The number of hydrogen-bond donors (Lipinski definition) is 1. The Balaban J connectivity index is 2.61. The third-order valence-electron chi connectivity index (χ3n) is 1.62. The molecule has 0 bridgehead atoms. The van der Waals surface area contributed by atoms with Crippen molar-refractivity contribution in [2.75, 3.05) is 6.54 Å². The highest BCUT2D eigenvalue weighted by molar-refractivity contribution is 5.95. The van der Waals surface area contributed by atoms with Crippen molar-refractivity contribution in [3.63, 3.8) is 0 Å². The van der Waals surface area contributed by atoms with Gasteiger partial charge in [0.1, 0.15) is 0 Å². The highest BCUT2D eigenvalue weighted by atomic mass is 14.7. The van der Waals surface area contributed by atoms with Crippen LogP contribution in [0.4, 0.5) is 0 Å². The fourth-order valence-corrected chi connectivity index (χ4v) is 0.940. The third kappa shape index (κ3) is 2.68. The van der Waals surface area contributed by atoms with Gasteiger partial charge in [0.2, 0.25) is 0 Å².